The van der Waals surface area contributed by atoms with Crippen molar-refractivity contribution in [1.82, 2.24) is 10.3 Å². The molecule has 102 valence electrons. The van der Waals surface area contributed by atoms with Crippen LogP contribution in [0, 0.1) is 5.92 Å². The van der Waals surface area contributed by atoms with E-state index in [9.17, 15) is 0 Å². The number of halogens is 1. The summed E-state index contributed by atoms with van der Waals surface area (Å²) in [6.07, 6.45) is 4.73. The standard InChI is InChI=1S/C15H20ClN3/c1-4-11-13(9-17-8-10(2)3)19-15(14(11)16)12-6-5-7-18-12/h5-7,9-10,17-18H,4,8H2,1-3H3/b13-9+. The molecule has 0 atom stereocenters. The molecule has 0 saturated carbocycles. The van der Waals surface area contributed by atoms with E-state index < -0.39 is 0 Å². The summed E-state index contributed by atoms with van der Waals surface area (Å²) in [6, 6.07) is 3.94. The number of aliphatic imine (C=N–C) groups is 1. The first-order chi connectivity index (χ1) is 9.13. The molecule has 0 spiro atoms. The van der Waals surface area contributed by atoms with E-state index in [1.54, 1.807) is 0 Å². The Hall–Kier alpha value is -1.48. The van der Waals surface area contributed by atoms with Crippen LogP contribution in [0.4, 0.5) is 0 Å². The number of H-pyrrole nitrogens is 1. The monoisotopic (exact) mass is 277 g/mol. The van der Waals surface area contributed by atoms with Crippen LogP contribution in [-0.4, -0.2) is 17.2 Å². The van der Waals surface area contributed by atoms with Gasteiger partial charge in [0.25, 0.3) is 0 Å². The lowest BCUT2D eigenvalue weighted by atomic mass is 10.1. The lowest BCUT2D eigenvalue weighted by Crippen LogP contribution is -2.13. The zero-order valence-electron chi connectivity index (χ0n) is 11.6. The molecule has 1 aromatic rings. The van der Waals surface area contributed by atoms with Crippen LogP contribution in [0.15, 0.2) is 45.8 Å². The van der Waals surface area contributed by atoms with Gasteiger partial charge in [-0.15, -0.1) is 0 Å². The van der Waals surface area contributed by atoms with Gasteiger partial charge < -0.3 is 10.3 Å². The second-order valence-corrected chi connectivity index (χ2v) is 5.40. The molecule has 0 aromatic carbocycles. The van der Waals surface area contributed by atoms with Crippen molar-refractivity contribution < 1.29 is 0 Å². The molecule has 2 N–H and O–H groups in total. The maximum Gasteiger partial charge on any atom is 0.106 e. The quantitative estimate of drug-likeness (QED) is 0.844. The van der Waals surface area contributed by atoms with E-state index in [2.05, 4.69) is 36.1 Å². The maximum absolute atomic E-state index is 6.43. The van der Waals surface area contributed by atoms with Crippen LogP contribution in [0.1, 0.15) is 32.9 Å². The van der Waals surface area contributed by atoms with E-state index in [4.69, 9.17) is 11.6 Å². The average Bonchev–Trinajstić information content (AvgIpc) is 2.97. The van der Waals surface area contributed by atoms with Gasteiger partial charge in [-0.05, 0) is 30.0 Å². The predicted octanol–water partition coefficient (Wildman–Crippen LogP) is 3.81. The highest BCUT2D eigenvalue weighted by molar-refractivity contribution is 6.47. The van der Waals surface area contributed by atoms with Gasteiger partial charge in [-0.3, -0.25) is 0 Å². The van der Waals surface area contributed by atoms with Crippen molar-refractivity contribution in [1.29, 1.82) is 0 Å². The molecule has 1 aliphatic heterocycles. The Morgan fingerprint density at radius 2 is 2.26 bits per heavy atom. The fourth-order valence-corrected chi connectivity index (χ4v) is 2.37. The van der Waals surface area contributed by atoms with Crippen molar-refractivity contribution >= 4 is 17.3 Å². The van der Waals surface area contributed by atoms with Gasteiger partial charge in [-0.25, -0.2) is 4.99 Å². The van der Waals surface area contributed by atoms with E-state index in [0.717, 1.165) is 40.7 Å². The molecule has 3 nitrogen and oxygen atoms in total. The van der Waals surface area contributed by atoms with Gasteiger partial charge in [0.2, 0.25) is 0 Å². The maximum atomic E-state index is 6.43. The van der Waals surface area contributed by atoms with Crippen molar-refractivity contribution in [3.05, 3.63) is 46.5 Å². The number of aromatic amines is 1. The van der Waals surface area contributed by atoms with E-state index in [1.807, 2.05) is 24.5 Å². The van der Waals surface area contributed by atoms with E-state index in [0.29, 0.717) is 5.92 Å². The predicted molar refractivity (Wildman–Crippen MR) is 81.4 cm³/mol. The van der Waals surface area contributed by atoms with Gasteiger partial charge in [0, 0.05) is 18.9 Å². The minimum Gasteiger partial charge on any atom is -0.389 e. The first-order valence-corrected chi connectivity index (χ1v) is 7.06. The molecule has 0 aliphatic carbocycles. The minimum absolute atomic E-state index is 0.606. The van der Waals surface area contributed by atoms with E-state index in [1.165, 1.54) is 0 Å². The second kappa shape index (κ2) is 6.11. The molecule has 19 heavy (non-hydrogen) atoms. The normalized spacial score (nSPS) is 17.5. The summed E-state index contributed by atoms with van der Waals surface area (Å²) in [5.74, 6) is 0.606. The Kier molecular flexibility index (Phi) is 4.48. The van der Waals surface area contributed by atoms with Crippen molar-refractivity contribution in [3.8, 4) is 0 Å². The Morgan fingerprint density at radius 3 is 2.84 bits per heavy atom. The zero-order valence-corrected chi connectivity index (χ0v) is 12.4. The van der Waals surface area contributed by atoms with Gasteiger partial charge in [0.15, 0.2) is 0 Å². The van der Waals surface area contributed by atoms with Crippen LogP contribution in [0.3, 0.4) is 0 Å². The molecule has 0 saturated heterocycles. The largest absolute Gasteiger partial charge is 0.389 e. The highest BCUT2D eigenvalue weighted by Gasteiger charge is 2.22. The number of aromatic nitrogens is 1. The van der Waals surface area contributed by atoms with Crippen LogP contribution in [0.2, 0.25) is 0 Å². The lowest BCUT2D eigenvalue weighted by Gasteiger charge is -2.05. The number of hydrogen-bond acceptors (Lipinski definition) is 2. The molecule has 4 heteroatoms. The third-order valence-electron chi connectivity index (χ3n) is 2.99. The van der Waals surface area contributed by atoms with Crippen molar-refractivity contribution in [3.63, 3.8) is 0 Å². The van der Waals surface area contributed by atoms with Crippen LogP contribution in [0.5, 0.6) is 0 Å². The van der Waals surface area contributed by atoms with Gasteiger partial charge in [0.05, 0.1) is 16.4 Å². The average molecular weight is 278 g/mol. The van der Waals surface area contributed by atoms with Crippen molar-refractivity contribution in [2.75, 3.05) is 6.54 Å². The third kappa shape index (κ3) is 3.10. The van der Waals surface area contributed by atoms with Crippen LogP contribution in [0.25, 0.3) is 0 Å². The SMILES string of the molecule is CCC1=C(Cl)C(c2ccc[nH]2)=N/C1=C/NCC(C)C. The Bertz CT molecular complexity index is 522. The second-order valence-electron chi connectivity index (χ2n) is 5.02. The van der Waals surface area contributed by atoms with E-state index in [-0.39, 0.29) is 0 Å². The summed E-state index contributed by atoms with van der Waals surface area (Å²) in [5.41, 5.74) is 3.84. The smallest absolute Gasteiger partial charge is 0.106 e. The molecule has 0 radical (unpaired) electrons. The first kappa shape index (κ1) is 13.9. The van der Waals surface area contributed by atoms with Crippen molar-refractivity contribution in [2.24, 2.45) is 10.9 Å². The Morgan fingerprint density at radius 1 is 1.47 bits per heavy atom. The molecule has 0 unspecified atom stereocenters. The van der Waals surface area contributed by atoms with Crippen molar-refractivity contribution in [2.45, 2.75) is 27.2 Å². The molecule has 0 amide bonds. The van der Waals surface area contributed by atoms with Crippen LogP contribution >= 0.6 is 11.6 Å². The number of hydrogen-bond donors (Lipinski definition) is 2. The molecule has 1 aromatic heterocycles. The van der Waals surface area contributed by atoms with Gasteiger partial charge in [-0.1, -0.05) is 32.4 Å². The van der Waals surface area contributed by atoms with Gasteiger partial charge >= 0.3 is 0 Å². The van der Waals surface area contributed by atoms with Crippen LogP contribution < -0.4 is 5.32 Å². The molecular weight excluding hydrogens is 258 g/mol. The summed E-state index contributed by atoms with van der Waals surface area (Å²) in [5, 5.41) is 4.06. The van der Waals surface area contributed by atoms with E-state index >= 15 is 0 Å². The number of nitrogens with zero attached hydrogens (tertiary/aromatic N) is 1. The fourth-order valence-electron chi connectivity index (χ4n) is 2.00. The summed E-state index contributed by atoms with van der Waals surface area (Å²) < 4.78 is 0. The molecule has 0 fully saturated rings. The fraction of sp³-hybridized carbons (Fsp3) is 0.400. The van der Waals surface area contributed by atoms with Gasteiger partial charge in [0.1, 0.15) is 5.71 Å². The number of nitrogens with one attached hydrogen (secondary N) is 2. The topological polar surface area (TPSA) is 40.2 Å². The summed E-state index contributed by atoms with van der Waals surface area (Å²) in [6.45, 7) is 7.39. The van der Waals surface area contributed by atoms with Gasteiger partial charge in [-0.2, -0.15) is 0 Å². The van der Waals surface area contributed by atoms with Crippen LogP contribution in [-0.2, 0) is 0 Å². The summed E-state index contributed by atoms with van der Waals surface area (Å²) >= 11 is 6.43. The Labute approximate surface area is 119 Å². The number of allylic oxidation sites excluding steroid dienone is 2. The molecule has 1 aliphatic rings. The summed E-state index contributed by atoms with van der Waals surface area (Å²) in [7, 11) is 0. The summed E-state index contributed by atoms with van der Waals surface area (Å²) in [4.78, 5) is 7.79. The molecule has 2 rings (SSSR count). The lowest BCUT2D eigenvalue weighted by molar-refractivity contribution is 0.609. The highest BCUT2D eigenvalue weighted by Crippen LogP contribution is 2.32. The minimum atomic E-state index is 0.606. The third-order valence-corrected chi connectivity index (χ3v) is 3.39. The molecule has 2 heterocycles. The Balaban J connectivity index is 2.25. The molecule has 0 bridgehead atoms. The highest BCUT2D eigenvalue weighted by atomic mass is 35.5. The first-order valence-electron chi connectivity index (χ1n) is 6.68. The number of rotatable bonds is 5. The molecular formula is C15H20ClN3. The zero-order chi connectivity index (χ0) is 13.8.